The lowest BCUT2D eigenvalue weighted by molar-refractivity contribution is 0.387. The summed E-state index contributed by atoms with van der Waals surface area (Å²) in [6.07, 6.45) is 3.42. The first-order valence-electron chi connectivity index (χ1n) is 8.44. The van der Waals surface area contributed by atoms with Crippen molar-refractivity contribution in [3.8, 4) is 28.3 Å². The van der Waals surface area contributed by atoms with Crippen molar-refractivity contribution in [3.63, 3.8) is 0 Å². The SMILES string of the molecule is CNc1nc(-c2cccnc2)nc2cc(-c3cccc(OC)c3F)ccc12. The summed E-state index contributed by atoms with van der Waals surface area (Å²) < 4.78 is 19.8. The fraction of sp³-hybridized carbons (Fsp3) is 0.0952. The lowest BCUT2D eigenvalue weighted by atomic mass is 10.0. The van der Waals surface area contributed by atoms with Crippen LogP contribution in [0.5, 0.6) is 5.75 Å². The van der Waals surface area contributed by atoms with Crippen molar-refractivity contribution in [1.29, 1.82) is 0 Å². The van der Waals surface area contributed by atoms with E-state index in [1.54, 1.807) is 30.6 Å². The first-order chi connectivity index (χ1) is 13.2. The Balaban J connectivity index is 1.91. The normalized spacial score (nSPS) is 10.8. The van der Waals surface area contributed by atoms with Gasteiger partial charge in [0.25, 0.3) is 0 Å². The van der Waals surface area contributed by atoms with Crippen LogP contribution in [0, 0.1) is 5.82 Å². The van der Waals surface area contributed by atoms with Gasteiger partial charge in [-0.25, -0.2) is 14.4 Å². The molecule has 0 aliphatic rings. The Bertz CT molecular complexity index is 1120. The molecule has 2 heterocycles. The molecule has 4 rings (SSSR count). The quantitative estimate of drug-likeness (QED) is 0.579. The van der Waals surface area contributed by atoms with E-state index in [9.17, 15) is 4.39 Å². The van der Waals surface area contributed by atoms with Crippen LogP contribution < -0.4 is 10.1 Å². The second kappa shape index (κ2) is 6.99. The van der Waals surface area contributed by atoms with Crippen LogP contribution in [0.2, 0.25) is 0 Å². The van der Waals surface area contributed by atoms with Gasteiger partial charge in [0.05, 0.1) is 12.6 Å². The summed E-state index contributed by atoms with van der Waals surface area (Å²) in [5.74, 6) is 1.08. The van der Waals surface area contributed by atoms with Crippen LogP contribution in [0.3, 0.4) is 0 Å². The number of aromatic nitrogens is 3. The predicted octanol–water partition coefficient (Wildman–Crippen LogP) is 4.55. The molecule has 0 spiro atoms. The minimum absolute atomic E-state index is 0.210. The van der Waals surface area contributed by atoms with Crippen LogP contribution in [-0.2, 0) is 0 Å². The first kappa shape index (κ1) is 16.9. The highest BCUT2D eigenvalue weighted by Gasteiger charge is 2.13. The monoisotopic (exact) mass is 360 g/mol. The van der Waals surface area contributed by atoms with E-state index in [1.807, 2.05) is 37.4 Å². The van der Waals surface area contributed by atoms with E-state index in [-0.39, 0.29) is 5.75 Å². The number of hydrogen-bond donors (Lipinski definition) is 1. The molecular formula is C21H17FN4O. The summed E-state index contributed by atoms with van der Waals surface area (Å²) in [5, 5.41) is 3.96. The van der Waals surface area contributed by atoms with Gasteiger partial charge in [-0.1, -0.05) is 18.2 Å². The average molecular weight is 360 g/mol. The molecule has 0 amide bonds. The molecule has 2 aromatic heterocycles. The largest absolute Gasteiger partial charge is 0.494 e. The molecule has 1 N–H and O–H groups in total. The third kappa shape index (κ3) is 3.06. The van der Waals surface area contributed by atoms with Gasteiger partial charge in [0, 0.05) is 36.0 Å². The number of anilines is 1. The van der Waals surface area contributed by atoms with Gasteiger partial charge in [-0.2, -0.15) is 0 Å². The van der Waals surface area contributed by atoms with E-state index >= 15 is 0 Å². The Morgan fingerprint density at radius 1 is 1.00 bits per heavy atom. The Labute approximate surface area is 155 Å². The van der Waals surface area contributed by atoms with Gasteiger partial charge in [0.15, 0.2) is 17.4 Å². The summed E-state index contributed by atoms with van der Waals surface area (Å²) in [6.45, 7) is 0. The van der Waals surface area contributed by atoms with Gasteiger partial charge in [-0.05, 0) is 35.9 Å². The number of ether oxygens (including phenoxy) is 1. The third-order valence-corrected chi connectivity index (χ3v) is 4.35. The number of benzene rings is 2. The molecular weight excluding hydrogens is 343 g/mol. The van der Waals surface area contributed by atoms with E-state index in [2.05, 4.69) is 20.3 Å². The third-order valence-electron chi connectivity index (χ3n) is 4.35. The highest BCUT2D eigenvalue weighted by Crippen LogP contribution is 2.32. The highest BCUT2D eigenvalue weighted by molar-refractivity contribution is 5.93. The van der Waals surface area contributed by atoms with Gasteiger partial charge in [-0.15, -0.1) is 0 Å². The lowest BCUT2D eigenvalue weighted by Gasteiger charge is -2.11. The van der Waals surface area contributed by atoms with E-state index in [1.165, 1.54) is 7.11 Å². The number of hydrogen-bond acceptors (Lipinski definition) is 5. The highest BCUT2D eigenvalue weighted by atomic mass is 19.1. The van der Waals surface area contributed by atoms with Gasteiger partial charge >= 0.3 is 0 Å². The zero-order valence-electron chi connectivity index (χ0n) is 14.9. The summed E-state index contributed by atoms with van der Waals surface area (Å²) in [7, 11) is 3.26. The smallest absolute Gasteiger partial charge is 0.172 e. The van der Waals surface area contributed by atoms with Crippen molar-refractivity contribution in [1.82, 2.24) is 15.0 Å². The minimum Gasteiger partial charge on any atom is -0.494 e. The Hall–Kier alpha value is -3.54. The summed E-state index contributed by atoms with van der Waals surface area (Å²) in [5.41, 5.74) is 2.71. The number of nitrogens with zero attached hydrogens (tertiary/aromatic N) is 3. The molecule has 0 saturated heterocycles. The van der Waals surface area contributed by atoms with Gasteiger partial charge in [-0.3, -0.25) is 4.98 Å². The maximum atomic E-state index is 14.7. The fourth-order valence-corrected chi connectivity index (χ4v) is 3.00. The number of rotatable bonds is 4. The first-order valence-corrected chi connectivity index (χ1v) is 8.44. The van der Waals surface area contributed by atoms with Crippen molar-refractivity contribution in [3.05, 3.63) is 66.7 Å². The number of pyridine rings is 1. The summed E-state index contributed by atoms with van der Waals surface area (Å²) in [6, 6.07) is 14.4. The lowest BCUT2D eigenvalue weighted by Crippen LogP contribution is -1.99. The van der Waals surface area contributed by atoms with Crippen molar-refractivity contribution >= 4 is 16.7 Å². The molecule has 0 aliphatic heterocycles. The van der Waals surface area contributed by atoms with Crippen molar-refractivity contribution < 1.29 is 9.13 Å². The van der Waals surface area contributed by atoms with Crippen LogP contribution in [0.25, 0.3) is 33.4 Å². The van der Waals surface area contributed by atoms with E-state index in [4.69, 9.17) is 4.74 Å². The van der Waals surface area contributed by atoms with E-state index in [0.717, 1.165) is 16.5 Å². The van der Waals surface area contributed by atoms with Crippen LogP contribution in [-0.4, -0.2) is 29.1 Å². The van der Waals surface area contributed by atoms with Crippen molar-refractivity contribution in [2.75, 3.05) is 19.5 Å². The standard InChI is InChI=1S/C21H17FN4O/c1-23-21-16-9-8-13(15-6-3-7-18(27-2)19(15)22)11-17(16)25-20(26-21)14-5-4-10-24-12-14/h3-12H,1-2H3,(H,23,25,26). The number of nitrogens with one attached hydrogen (secondary N) is 1. The van der Waals surface area contributed by atoms with E-state index in [0.29, 0.717) is 22.7 Å². The molecule has 0 aliphatic carbocycles. The molecule has 4 aromatic rings. The molecule has 0 bridgehead atoms. The van der Waals surface area contributed by atoms with Gasteiger partial charge < -0.3 is 10.1 Å². The summed E-state index contributed by atoms with van der Waals surface area (Å²) >= 11 is 0. The number of fused-ring (bicyclic) bond motifs is 1. The molecule has 5 nitrogen and oxygen atoms in total. The Morgan fingerprint density at radius 3 is 2.63 bits per heavy atom. The molecule has 0 unspecified atom stereocenters. The molecule has 27 heavy (non-hydrogen) atoms. The topological polar surface area (TPSA) is 59.9 Å². The number of halogens is 1. The van der Waals surface area contributed by atoms with Crippen LogP contribution in [0.1, 0.15) is 0 Å². The van der Waals surface area contributed by atoms with Crippen LogP contribution in [0.15, 0.2) is 60.9 Å². The molecule has 0 atom stereocenters. The Morgan fingerprint density at radius 2 is 1.89 bits per heavy atom. The second-order valence-corrected chi connectivity index (χ2v) is 5.94. The summed E-state index contributed by atoms with van der Waals surface area (Å²) in [4.78, 5) is 13.4. The van der Waals surface area contributed by atoms with Gasteiger partial charge in [0.1, 0.15) is 5.82 Å². The van der Waals surface area contributed by atoms with Crippen LogP contribution >= 0.6 is 0 Å². The predicted molar refractivity (Wildman–Crippen MR) is 104 cm³/mol. The molecule has 134 valence electrons. The van der Waals surface area contributed by atoms with Crippen molar-refractivity contribution in [2.45, 2.75) is 0 Å². The fourth-order valence-electron chi connectivity index (χ4n) is 3.00. The maximum absolute atomic E-state index is 14.7. The van der Waals surface area contributed by atoms with Crippen LogP contribution in [0.4, 0.5) is 10.2 Å². The zero-order valence-corrected chi connectivity index (χ0v) is 14.9. The maximum Gasteiger partial charge on any atom is 0.172 e. The van der Waals surface area contributed by atoms with Gasteiger partial charge in [0.2, 0.25) is 0 Å². The molecule has 6 heteroatoms. The zero-order chi connectivity index (χ0) is 18.8. The average Bonchev–Trinajstić information content (AvgIpc) is 2.73. The molecule has 0 radical (unpaired) electrons. The van der Waals surface area contributed by atoms with E-state index < -0.39 is 5.82 Å². The Kier molecular flexibility index (Phi) is 4.38. The molecule has 0 fully saturated rings. The van der Waals surface area contributed by atoms with Crippen molar-refractivity contribution in [2.24, 2.45) is 0 Å². The number of methoxy groups -OCH3 is 1. The minimum atomic E-state index is -0.394. The molecule has 0 saturated carbocycles. The second-order valence-electron chi connectivity index (χ2n) is 5.94. The molecule has 2 aromatic carbocycles.